The van der Waals surface area contributed by atoms with Gasteiger partial charge >= 0.3 is 0 Å². The molecule has 2 amide bonds. The van der Waals surface area contributed by atoms with Gasteiger partial charge in [0, 0.05) is 23.5 Å². The molecule has 3 rings (SSSR count). The molecule has 0 spiro atoms. The van der Waals surface area contributed by atoms with Gasteiger partial charge in [0.05, 0.1) is 7.11 Å². The first-order chi connectivity index (χ1) is 12.5. The molecule has 2 aromatic carbocycles. The van der Waals surface area contributed by atoms with Gasteiger partial charge in [-0.15, -0.1) is 0 Å². The smallest absolute Gasteiger partial charge is 0.258 e. The second-order valence-electron chi connectivity index (χ2n) is 6.03. The number of nitrogens with two attached hydrogens (primary N) is 2. The van der Waals surface area contributed by atoms with Gasteiger partial charge in [0.25, 0.3) is 11.8 Å². The van der Waals surface area contributed by atoms with Crippen LogP contribution >= 0.6 is 0 Å². The number of carbonyl (C=O) groups is 2. The summed E-state index contributed by atoms with van der Waals surface area (Å²) in [5.74, 6) is -0.0148. The number of carbonyl (C=O) groups excluding carboxylic acids is 2. The van der Waals surface area contributed by atoms with Crippen LogP contribution in [0.15, 0.2) is 36.4 Å². The maximum atomic E-state index is 13.0. The van der Waals surface area contributed by atoms with E-state index in [2.05, 4.69) is 0 Å². The summed E-state index contributed by atoms with van der Waals surface area (Å²) in [6.45, 7) is 0.361. The summed E-state index contributed by atoms with van der Waals surface area (Å²) in [6, 6.07) is 10.4. The lowest BCUT2D eigenvalue weighted by Gasteiger charge is -2.30. The van der Waals surface area contributed by atoms with Gasteiger partial charge in [-0.1, -0.05) is 6.07 Å². The Bertz CT molecular complexity index is 851. The summed E-state index contributed by atoms with van der Waals surface area (Å²) in [6.07, 6.45) is 1.71. The minimum atomic E-state index is -0.588. The highest BCUT2D eigenvalue weighted by Gasteiger charge is 2.25. The van der Waals surface area contributed by atoms with Gasteiger partial charge in [-0.05, 0) is 48.7 Å². The van der Waals surface area contributed by atoms with Crippen molar-refractivity contribution in [1.29, 1.82) is 0 Å². The Kier molecular flexibility index (Phi) is 4.97. The van der Waals surface area contributed by atoms with Crippen molar-refractivity contribution in [3.8, 4) is 11.5 Å². The number of amides is 2. The molecular formula is C19H21N3O4. The third-order valence-corrected chi connectivity index (χ3v) is 4.31. The molecule has 0 radical (unpaired) electrons. The van der Waals surface area contributed by atoms with E-state index in [4.69, 9.17) is 20.9 Å². The van der Waals surface area contributed by atoms with Crippen LogP contribution in [0.5, 0.6) is 11.5 Å². The largest absolute Gasteiger partial charge is 0.493 e. The summed E-state index contributed by atoms with van der Waals surface area (Å²) >= 11 is 0. The molecule has 4 N–H and O–H groups in total. The fourth-order valence-electron chi connectivity index (χ4n) is 3.09. The zero-order chi connectivity index (χ0) is 18.7. The molecule has 0 bridgehead atoms. The van der Waals surface area contributed by atoms with E-state index in [9.17, 15) is 9.59 Å². The normalized spacial score (nSPS) is 13.0. The Morgan fingerprint density at radius 1 is 1.19 bits per heavy atom. The highest BCUT2D eigenvalue weighted by atomic mass is 16.5. The van der Waals surface area contributed by atoms with Crippen molar-refractivity contribution in [2.75, 3.05) is 30.9 Å². The number of primary amides is 1. The van der Waals surface area contributed by atoms with Crippen molar-refractivity contribution in [1.82, 2.24) is 0 Å². The molecule has 0 saturated heterocycles. The first-order valence-corrected chi connectivity index (χ1v) is 8.29. The van der Waals surface area contributed by atoms with Crippen molar-refractivity contribution in [3.05, 3.63) is 47.5 Å². The monoisotopic (exact) mass is 355 g/mol. The molecule has 2 aromatic rings. The van der Waals surface area contributed by atoms with Gasteiger partial charge in [-0.2, -0.15) is 0 Å². The average Bonchev–Trinajstić information content (AvgIpc) is 2.65. The first-order valence-electron chi connectivity index (χ1n) is 8.29. The lowest BCUT2D eigenvalue weighted by Crippen LogP contribution is -2.35. The van der Waals surface area contributed by atoms with Gasteiger partial charge in [-0.3, -0.25) is 9.59 Å². The summed E-state index contributed by atoms with van der Waals surface area (Å²) in [5, 5.41) is 0. The summed E-state index contributed by atoms with van der Waals surface area (Å²) < 4.78 is 10.6. The SMILES string of the molecule is COc1cc(C(=O)N2CCCc3c(N)cccc32)ccc1OCC(N)=O. The molecule has 1 aliphatic heterocycles. The summed E-state index contributed by atoms with van der Waals surface area (Å²) in [5.41, 5.74) is 14.1. The number of ether oxygens (including phenoxy) is 2. The minimum Gasteiger partial charge on any atom is -0.493 e. The number of nitrogens with zero attached hydrogens (tertiary/aromatic N) is 1. The van der Waals surface area contributed by atoms with E-state index in [-0.39, 0.29) is 12.5 Å². The maximum Gasteiger partial charge on any atom is 0.258 e. The number of hydrogen-bond donors (Lipinski definition) is 2. The number of fused-ring (bicyclic) bond motifs is 1. The highest BCUT2D eigenvalue weighted by molar-refractivity contribution is 6.07. The van der Waals surface area contributed by atoms with Crippen LogP contribution in [-0.2, 0) is 11.2 Å². The van der Waals surface area contributed by atoms with E-state index in [0.29, 0.717) is 29.3 Å². The number of nitrogen functional groups attached to an aromatic ring is 1. The summed E-state index contributed by atoms with van der Waals surface area (Å²) in [4.78, 5) is 25.6. The molecule has 7 nitrogen and oxygen atoms in total. The Balaban J connectivity index is 1.89. The van der Waals surface area contributed by atoms with Crippen LogP contribution in [0.25, 0.3) is 0 Å². The number of rotatable bonds is 5. The minimum absolute atomic E-state index is 0.142. The Labute approximate surface area is 151 Å². The fraction of sp³-hybridized carbons (Fsp3) is 0.263. The third kappa shape index (κ3) is 3.42. The number of methoxy groups -OCH3 is 1. The second-order valence-corrected chi connectivity index (χ2v) is 6.03. The van der Waals surface area contributed by atoms with Crippen LogP contribution in [0.3, 0.4) is 0 Å². The molecule has 7 heteroatoms. The van der Waals surface area contributed by atoms with Crippen LogP contribution in [0, 0.1) is 0 Å². The molecule has 0 aliphatic carbocycles. The molecule has 0 unspecified atom stereocenters. The van der Waals surface area contributed by atoms with Crippen LogP contribution in [-0.4, -0.2) is 32.1 Å². The quantitative estimate of drug-likeness (QED) is 0.794. The lowest BCUT2D eigenvalue weighted by atomic mass is 9.99. The van der Waals surface area contributed by atoms with E-state index >= 15 is 0 Å². The van der Waals surface area contributed by atoms with Crippen LogP contribution in [0.2, 0.25) is 0 Å². The zero-order valence-corrected chi connectivity index (χ0v) is 14.5. The maximum absolute atomic E-state index is 13.0. The Hall–Kier alpha value is -3.22. The van der Waals surface area contributed by atoms with Crippen molar-refractivity contribution in [2.45, 2.75) is 12.8 Å². The van der Waals surface area contributed by atoms with Crippen molar-refractivity contribution >= 4 is 23.2 Å². The summed E-state index contributed by atoms with van der Waals surface area (Å²) in [7, 11) is 1.47. The van der Waals surface area contributed by atoms with E-state index in [0.717, 1.165) is 24.1 Å². The molecule has 26 heavy (non-hydrogen) atoms. The Morgan fingerprint density at radius 2 is 2.00 bits per heavy atom. The van der Waals surface area contributed by atoms with E-state index in [1.54, 1.807) is 23.1 Å². The van der Waals surface area contributed by atoms with Gasteiger partial charge in [0.2, 0.25) is 0 Å². The van der Waals surface area contributed by atoms with Crippen molar-refractivity contribution < 1.29 is 19.1 Å². The second kappa shape index (κ2) is 7.35. The van der Waals surface area contributed by atoms with Crippen LogP contribution < -0.4 is 25.8 Å². The van der Waals surface area contributed by atoms with E-state index < -0.39 is 5.91 Å². The molecule has 1 heterocycles. The number of anilines is 2. The van der Waals surface area contributed by atoms with Crippen molar-refractivity contribution in [3.63, 3.8) is 0 Å². The standard InChI is InChI=1S/C19H21N3O4/c1-25-17-10-12(7-8-16(17)26-11-18(21)23)19(24)22-9-3-4-13-14(20)5-2-6-15(13)22/h2,5-8,10H,3-4,9,11,20H2,1H3,(H2,21,23). The van der Waals surface area contributed by atoms with Crippen LogP contribution in [0.4, 0.5) is 11.4 Å². The van der Waals surface area contributed by atoms with Gasteiger partial charge < -0.3 is 25.8 Å². The van der Waals surface area contributed by atoms with E-state index in [1.165, 1.54) is 7.11 Å². The Morgan fingerprint density at radius 3 is 2.73 bits per heavy atom. The van der Waals surface area contributed by atoms with Gasteiger partial charge in [0.1, 0.15) is 0 Å². The predicted molar refractivity (Wildman–Crippen MR) is 98.5 cm³/mol. The lowest BCUT2D eigenvalue weighted by molar-refractivity contribution is -0.119. The molecule has 0 saturated carbocycles. The molecule has 1 aliphatic rings. The van der Waals surface area contributed by atoms with E-state index in [1.807, 2.05) is 18.2 Å². The van der Waals surface area contributed by atoms with Crippen molar-refractivity contribution in [2.24, 2.45) is 5.73 Å². The topological polar surface area (TPSA) is 108 Å². The number of benzene rings is 2. The number of hydrogen-bond acceptors (Lipinski definition) is 5. The molecule has 0 fully saturated rings. The predicted octanol–water partition coefficient (Wildman–Crippen LogP) is 1.73. The molecular weight excluding hydrogens is 334 g/mol. The third-order valence-electron chi connectivity index (χ3n) is 4.31. The van der Waals surface area contributed by atoms with Gasteiger partial charge in [-0.25, -0.2) is 0 Å². The van der Waals surface area contributed by atoms with Crippen LogP contribution in [0.1, 0.15) is 22.3 Å². The average molecular weight is 355 g/mol. The first kappa shape index (κ1) is 17.6. The molecule has 0 aromatic heterocycles. The molecule has 136 valence electrons. The van der Waals surface area contributed by atoms with Gasteiger partial charge in [0.15, 0.2) is 18.1 Å². The zero-order valence-electron chi connectivity index (χ0n) is 14.5. The highest BCUT2D eigenvalue weighted by Crippen LogP contribution is 2.34. The molecule has 0 atom stereocenters. The fourth-order valence-corrected chi connectivity index (χ4v) is 3.09.